The topological polar surface area (TPSA) is 36.3 Å². The lowest BCUT2D eigenvalue weighted by Crippen LogP contribution is -2.33. The molecule has 106 valence electrons. The Morgan fingerprint density at radius 3 is 2.81 bits per heavy atom. The maximum absolute atomic E-state index is 9.06. The summed E-state index contributed by atoms with van der Waals surface area (Å²) in [5.41, 5.74) is 3.33. The Bertz CT molecular complexity index is 660. The highest BCUT2D eigenvalue weighted by Crippen LogP contribution is 2.26. The molecule has 0 N–H and O–H groups in total. The van der Waals surface area contributed by atoms with Gasteiger partial charge in [0.05, 0.1) is 12.1 Å². The first-order chi connectivity index (χ1) is 10.4. The summed E-state index contributed by atoms with van der Waals surface area (Å²) in [6.07, 6.45) is 2.34. The van der Waals surface area contributed by atoms with Crippen molar-refractivity contribution in [3.05, 3.63) is 59.7 Å². The summed E-state index contributed by atoms with van der Waals surface area (Å²) in [5.74, 6) is 0.672. The lowest BCUT2D eigenvalue weighted by molar-refractivity contribution is 0.321. The largest absolute Gasteiger partial charge is 0.490 e. The van der Waals surface area contributed by atoms with E-state index in [1.54, 1.807) is 6.07 Å². The van der Waals surface area contributed by atoms with Crippen LogP contribution in [0.3, 0.4) is 0 Å². The third-order valence-corrected chi connectivity index (χ3v) is 3.83. The van der Waals surface area contributed by atoms with Crippen LogP contribution in [0.25, 0.3) is 0 Å². The van der Waals surface area contributed by atoms with Crippen molar-refractivity contribution in [3.63, 3.8) is 0 Å². The number of anilines is 1. The van der Waals surface area contributed by atoms with Crippen molar-refractivity contribution in [1.82, 2.24) is 0 Å². The van der Waals surface area contributed by atoms with E-state index in [0.29, 0.717) is 17.9 Å². The van der Waals surface area contributed by atoms with Crippen LogP contribution < -0.4 is 9.64 Å². The van der Waals surface area contributed by atoms with Gasteiger partial charge in [0.1, 0.15) is 18.4 Å². The van der Waals surface area contributed by atoms with E-state index in [1.807, 2.05) is 18.2 Å². The molecule has 2 aromatic carbocycles. The van der Waals surface area contributed by atoms with Crippen molar-refractivity contribution in [2.75, 3.05) is 24.6 Å². The average Bonchev–Trinajstić information content (AvgIpc) is 2.55. The van der Waals surface area contributed by atoms with Crippen LogP contribution in [0.15, 0.2) is 48.5 Å². The highest BCUT2D eigenvalue weighted by molar-refractivity contribution is 5.55. The number of rotatable bonds is 4. The van der Waals surface area contributed by atoms with E-state index in [1.165, 1.54) is 17.7 Å². The summed E-state index contributed by atoms with van der Waals surface area (Å²) in [7, 11) is 0. The fourth-order valence-corrected chi connectivity index (χ4v) is 2.79. The number of nitrogens with zero attached hydrogens (tertiary/aromatic N) is 2. The Balaban J connectivity index is 1.63. The number of ether oxygens (including phenoxy) is 1. The summed E-state index contributed by atoms with van der Waals surface area (Å²) in [6, 6.07) is 18.1. The minimum Gasteiger partial charge on any atom is -0.490 e. The van der Waals surface area contributed by atoms with Gasteiger partial charge in [-0.05, 0) is 36.6 Å². The van der Waals surface area contributed by atoms with Crippen LogP contribution >= 0.6 is 0 Å². The predicted molar refractivity (Wildman–Crippen MR) is 83.6 cm³/mol. The van der Waals surface area contributed by atoms with Crippen LogP contribution in [0.5, 0.6) is 5.75 Å². The molecule has 0 fully saturated rings. The van der Waals surface area contributed by atoms with Crippen LogP contribution in [0.4, 0.5) is 5.69 Å². The standard InChI is InChI=1S/C18H18N2O/c19-14-16-7-2-4-10-18(16)21-13-12-20-11-5-8-15-6-1-3-9-17(15)20/h1-4,6-7,9-10H,5,8,11-13H2. The molecule has 3 heteroatoms. The van der Waals surface area contributed by atoms with Gasteiger partial charge in [-0.25, -0.2) is 0 Å². The first-order valence-corrected chi connectivity index (χ1v) is 7.33. The molecular weight excluding hydrogens is 260 g/mol. The predicted octanol–water partition coefficient (Wildman–Crippen LogP) is 3.39. The van der Waals surface area contributed by atoms with Gasteiger partial charge < -0.3 is 9.64 Å². The summed E-state index contributed by atoms with van der Waals surface area (Å²) in [4.78, 5) is 2.37. The fourth-order valence-electron chi connectivity index (χ4n) is 2.79. The highest BCUT2D eigenvalue weighted by Gasteiger charge is 2.15. The molecule has 3 rings (SSSR count). The molecule has 0 atom stereocenters. The highest BCUT2D eigenvalue weighted by atomic mass is 16.5. The zero-order valence-electron chi connectivity index (χ0n) is 12.0. The van der Waals surface area contributed by atoms with E-state index in [9.17, 15) is 0 Å². The van der Waals surface area contributed by atoms with Crippen molar-refractivity contribution >= 4 is 5.69 Å². The van der Waals surface area contributed by atoms with Crippen LogP contribution in [0.1, 0.15) is 17.5 Å². The van der Waals surface area contributed by atoms with Gasteiger partial charge in [0.25, 0.3) is 0 Å². The molecule has 2 aromatic rings. The van der Waals surface area contributed by atoms with E-state index in [4.69, 9.17) is 10.00 Å². The quantitative estimate of drug-likeness (QED) is 0.860. The molecule has 0 spiro atoms. The summed E-state index contributed by atoms with van der Waals surface area (Å²) < 4.78 is 5.78. The third kappa shape index (κ3) is 3.00. The van der Waals surface area contributed by atoms with Crippen molar-refractivity contribution in [3.8, 4) is 11.8 Å². The number of fused-ring (bicyclic) bond motifs is 1. The second kappa shape index (κ2) is 6.32. The van der Waals surface area contributed by atoms with E-state index < -0.39 is 0 Å². The zero-order valence-corrected chi connectivity index (χ0v) is 12.0. The molecule has 1 aliphatic rings. The number of hydrogen-bond donors (Lipinski definition) is 0. The molecule has 0 amide bonds. The molecule has 1 aliphatic heterocycles. The summed E-state index contributed by atoms with van der Waals surface area (Å²) in [5, 5.41) is 9.06. The molecule has 0 aromatic heterocycles. The van der Waals surface area contributed by atoms with Gasteiger partial charge in [0.15, 0.2) is 0 Å². The molecule has 1 heterocycles. The number of benzene rings is 2. The molecule has 0 radical (unpaired) electrons. The Kier molecular flexibility index (Phi) is 4.07. The Morgan fingerprint density at radius 1 is 1.10 bits per heavy atom. The first kappa shape index (κ1) is 13.5. The molecule has 0 saturated heterocycles. The van der Waals surface area contributed by atoms with Crippen LogP contribution in [0.2, 0.25) is 0 Å². The number of nitriles is 1. The number of para-hydroxylation sites is 2. The number of aryl methyl sites for hydroxylation is 1. The third-order valence-electron chi connectivity index (χ3n) is 3.83. The van der Waals surface area contributed by atoms with E-state index in [2.05, 4.69) is 35.2 Å². The molecule has 3 nitrogen and oxygen atoms in total. The SMILES string of the molecule is N#Cc1ccccc1OCCN1CCCc2ccccc21. The van der Waals surface area contributed by atoms with Gasteiger partial charge in [-0.3, -0.25) is 0 Å². The second-order valence-corrected chi connectivity index (χ2v) is 5.18. The van der Waals surface area contributed by atoms with Crippen LogP contribution in [-0.2, 0) is 6.42 Å². The molecule has 0 saturated carbocycles. The van der Waals surface area contributed by atoms with Gasteiger partial charge in [-0.2, -0.15) is 5.26 Å². The average molecular weight is 278 g/mol. The molecule has 0 aliphatic carbocycles. The number of hydrogen-bond acceptors (Lipinski definition) is 3. The monoisotopic (exact) mass is 278 g/mol. The Hall–Kier alpha value is -2.47. The normalized spacial score (nSPS) is 13.4. The second-order valence-electron chi connectivity index (χ2n) is 5.18. The smallest absolute Gasteiger partial charge is 0.137 e. The lowest BCUT2D eigenvalue weighted by atomic mass is 10.0. The zero-order chi connectivity index (χ0) is 14.5. The van der Waals surface area contributed by atoms with Gasteiger partial charge in [0, 0.05) is 12.2 Å². The van der Waals surface area contributed by atoms with Gasteiger partial charge in [-0.15, -0.1) is 0 Å². The van der Waals surface area contributed by atoms with Crippen molar-refractivity contribution in [2.24, 2.45) is 0 Å². The van der Waals surface area contributed by atoms with Crippen LogP contribution in [-0.4, -0.2) is 19.7 Å². The van der Waals surface area contributed by atoms with Crippen molar-refractivity contribution in [2.45, 2.75) is 12.8 Å². The van der Waals surface area contributed by atoms with Gasteiger partial charge in [0.2, 0.25) is 0 Å². The van der Waals surface area contributed by atoms with Gasteiger partial charge in [-0.1, -0.05) is 30.3 Å². The maximum Gasteiger partial charge on any atom is 0.137 e. The molecule has 21 heavy (non-hydrogen) atoms. The summed E-state index contributed by atoms with van der Waals surface area (Å²) in [6.45, 7) is 2.50. The van der Waals surface area contributed by atoms with Crippen LogP contribution in [0, 0.1) is 11.3 Å². The molecule has 0 bridgehead atoms. The van der Waals surface area contributed by atoms with Crippen molar-refractivity contribution < 1.29 is 4.74 Å². The Morgan fingerprint density at radius 2 is 1.90 bits per heavy atom. The fraction of sp³-hybridized carbons (Fsp3) is 0.278. The van der Waals surface area contributed by atoms with Crippen molar-refractivity contribution in [1.29, 1.82) is 5.26 Å². The first-order valence-electron chi connectivity index (χ1n) is 7.33. The minimum absolute atomic E-state index is 0.590. The molecular formula is C18H18N2O. The van der Waals surface area contributed by atoms with Gasteiger partial charge >= 0.3 is 0 Å². The maximum atomic E-state index is 9.06. The lowest BCUT2D eigenvalue weighted by Gasteiger charge is -2.31. The summed E-state index contributed by atoms with van der Waals surface area (Å²) >= 11 is 0. The van der Waals surface area contributed by atoms with E-state index in [0.717, 1.165) is 19.5 Å². The van der Waals surface area contributed by atoms with E-state index >= 15 is 0 Å². The Labute approximate surface area is 125 Å². The van der Waals surface area contributed by atoms with E-state index in [-0.39, 0.29) is 0 Å². The minimum atomic E-state index is 0.590. The molecule has 0 unspecified atom stereocenters.